The van der Waals surface area contributed by atoms with Gasteiger partial charge in [0.15, 0.2) is 0 Å². The smallest absolute Gasteiger partial charge is 0.238 e. The molecule has 0 atom stereocenters. The topological polar surface area (TPSA) is 37.4 Å². The minimum absolute atomic E-state index is 0.225. The van der Waals surface area contributed by atoms with Gasteiger partial charge < -0.3 is 0 Å². The first-order valence-corrected chi connectivity index (χ1v) is 5.02. The van der Waals surface area contributed by atoms with E-state index in [0.717, 1.165) is 4.90 Å². The highest BCUT2D eigenvalue weighted by Gasteiger charge is 2.34. The molecule has 0 saturated heterocycles. The maximum Gasteiger partial charge on any atom is 0.238 e. The van der Waals surface area contributed by atoms with E-state index in [-0.39, 0.29) is 11.8 Å². The van der Waals surface area contributed by atoms with Crippen LogP contribution in [0.4, 0.5) is 0 Å². The Morgan fingerprint density at radius 2 is 1.20 bits per heavy atom. The molecule has 0 aliphatic heterocycles. The fourth-order valence-electron chi connectivity index (χ4n) is 0.981. The summed E-state index contributed by atoms with van der Waals surface area (Å²) in [7, 11) is 0. The maximum atomic E-state index is 11.9. The van der Waals surface area contributed by atoms with Crippen LogP contribution in [0.3, 0.4) is 0 Å². The van der Waals surface area contributed by atoms with Gasteiger partial charge >= 0.3 is 0 Å². The van der Waals surface area contributed by atoms with Crippen molar-refractivity contribution in [2.75, 3.05) is 0 Å². The van der Waals surface area contributed by atoms with Crippen LogP contribution in [0.5, 0.6) is 0 Å². The summed E-state index contributed by atoms with van der Waals surface area (Å²) in [6.07, 6.45) is 1.29. The zero-order chi connectivity index (χ0) is 12.4. The van der Waals surface area contributed by atoms with Gasteiger partial charge in [0.1, 0.15) is 0 Å². The lowest BCUT2D eigenvalue weighted by atomic mass is 9.91. The summed E-state index contributed by atoms with van der Waals surface area (Å²) in [6, 6.07) is 0. The third kappa shape index (κ3) is 3.50. The largest absolute Gasteiger partial charge is 0.273 e. The van der Waals surface area contributed by atoms with Gasteiger partial charge in [0.05, 0.1) is 0 Å². The highest BCUT2D eigenvalue weighted by molar-refractivity contribution is 6.00. The van der Waals surface area contributed by atoms with E-state index >= 15 is 0 Å². The molecule has 15 heavy (non-hydrogen) atoms. The Bertz CT molecular complexity index is 253. The number of amides is 2. The minimum Gasteiger partial charge on any atom is -0.273 e. The van der Waals surface area contributed by atoms with E-state index in [4.69, 9.17) is 0 Å². The quantitative estimate of drug-likeness (QED) is 0.668. The first-order chi connectivity index (χ1) is 6.51. The Balaban J connectivity index is 5.04. The van der Waals surface area contributed by atoms with Crippen molar-refractivity contribution in [3.8, 4) is 0 Å². The third-order valence-electron chi connectivity index (χ3n) is 1.90. The Labute approximate surface area is 92.1 Å². The van der Waals surface area contributed by atoms with Gasteiger partial charge in [-0.3, -0.25) is 14.5 Å². The van der Waals surface area contributed by atoms with Crippen LogP contribution in [-0.2, 0) is 9.59 Å². The normalized spacial score (nSPS) is 12.1. The summed E-state index contributed by atoms with van der Waals surface area (Å²) in [5, 5.41) is 0. The number of imide groups is 1. The van der Waals surface area contributed by atoms with Crippen molar-refractivity contribution in [3.63, 3.8) is 0 Å². The first kappa shape index (κ1) is 13.9. The second-order valence-corrected chi connectivity index (χ2v) is 5.66. The summed E-state index contributed by atoms with van der Waals surface area (Å²) >= 11 is 0. The van der Waals surface area contributed by atoms with Gasteiger partial charge in [0.2, 0.25) is 11.8 Å². The van der Waals surface area contributed by atoms with E-state index in [2.05, 4.69) is 6.58 Å². The molecule has 0 unspecified atom stereocenters. The molecule has 0 aliphatic carbocycles. The van der Waals surface area contributed by atoms with Crippen molar-refractivity contribution in [1.82, 2.24) is 4.90 Å². The molecule has 0 N–H and O–H groups in total. The van der Waals surface area contributed by atoms with Crippen molar-refractivity contribution in [2.24, 2.45) is 10.8 Å². The van der Waals surface area contributed by atoms with Crippen molar-refractivity contribution in [3.05, 3.63) is 12.8 Å². The Morgan fingerprint density at radius 1 is 0.933 bits per heavy atom. The monoisotopic (exact) mass is 211 g/mol. The fraction of sp³-hybridized carbons (Fsp3) is 0.667. The average Bonchev–Trinajstić information content (AvgIpc) is 2.01. The van der Waals surface area contributed by atoms with Crippen molar-refractivity contribution in [1.29, 1.82) is 0 Å². The van der Waals surface area contributed by atoms with Gasteiger partial charge in [0, 0.05) is 17.0 Å². The molecule has 0 aliphatic rings. The van der Waals surface area contributed by atoms with Crippen LogP contribution in [0.2, 0.25) is 0 Å². The zero-order valence-corrected chi connectivity index (χ0v) is 10.5. The summed E-state index contributed by atoms with van der Waals surface area (Å²) in [5.41, 5.74) is -1.15. The van der Waals surface area contributed by atoms with E-state index in [1.807, 2.05) is 0 Å². The minimum atomic E-state index is -0.574. The number of hydrogen-bond donors (Lipinski definition) is 0. The molecule has 2 amide bonds. The molecule has 0 spiro atoms. The predicted octanol–water partition coefficient (Wildman–Crippen LogP) is 2.58. The molecule has 0 aromatic heterocycles. The third-order valence-corrected chi connectivity index (χ3v) is 1.90. The molecule has 0 fully saturated rings. The van der Waals surface area contributed by atoms with Crippen LogP contribution in [0, 0.1) is 10.8 Å². The molecule has 0 saturated carbocycles. The highest BCUT2D eigenvalue weighted by atomic mass is 16.2. The van der Waals surface area contributed by atoms with Crippen molar-refractivity contribution >= 4 is 11.8 Å². The summed E-state index contributed by atoms with van der Waals surface area (Å²) < 4.78 is 0. The zero-order valence-electron chi connectivity index (χ0n) is 10.5. The molecular formula is C12H21NO2. The summed E-state index contributed by atoms with van der Waals surface area (Å²) in [4.78, 5) is 24.9. The molecule has 0 heterocycles. The number of nitrogens with zero attached hydrogens (tertiary/aromatic N) is 1. The van der Waals surface area contributed by atoms with Crippen molar-refractivity contribution in [2.45, 2.75) is 41.5 Å². The van der Waals surface area contributed by atoms with E-state index < -0.39 is 10.8 Å². The SMILES string of the molecule is C=CN(C(=O)C(C)(C)C)C(=O)C(C)(C)C. The van der Waals surface area contributed by atoms with E-state index in [9.17, 15) is 9.59 Å². The van der Waals surface area contributed by atoms with Gasteiger partial charge in [-0.15, -0.1) is 0 Å². The van der Waals surface area contributed by atoms with Crippen LogP contribution in [0.25, 0.3) is 0 Å². The first-order valence-electron chi connectivity index (χ1n) is 5.02. The highest BCUT2D eigenvalue weighted by Crippen LogP contribution is 2.23. The van der Waals surface area contributed by atoms with Crippen LogP contribution in [-0.4, -0.2) is 16.7 Å². The molecule has 86 valence electrons. The van der Waals surface area contributed by atoms with Crippen molar-refractivity contribution < 1.29 is 9.59 Å². The Kier molecular flexibility index (Phi) is 3.86. The second kappa shape index (κ2) is 4.17. The maximum absolute atomic E-state index is 11.9. The number of hydrogen-bond acceptors (Lipinski definition) is 2. The number of carbonyl (C=O) groups excluding carboxylic acids is 2. The fourth-order valence-corrected chi connectivity index (χ4v) is 0.981. The van der Waals surface area contributed by atoms with Gasteiger partial charge in [-0.2, -0.15) is 0 Å². The molecular weight excluding hydrogens is 190 g/mol. The Hall–Kier alpha value is -1.12. The lowest BCUT2D eigenvalue weighted by molar-refractivity contribution is -0.151. The molecule has 0 radical (unpaired) electrons. The molecule has 3 heteroatoms. The van der Waals surface area contributed by atoms with E-state index in [0.29, 0.717) is 0 Å². The van der Waals surface area contributed by atoms with Gasteiger partial charge in [-0.25, -0.2) is 0 Å². The van der Waals surface area contributed by atoms with Crippen LogP contribution in [0.1, 0.15) is 41.5 Å². The van der Waals surface area contributed by atoms with Gasteiger partial charge in [-0.1, -0.05) is 48.1 Å². The van der Waals surface area contributed by atoms with E-state index in [1.54, 1.807) is 41.5 Å². The lowest BCUT2D eigenvalue weighted by Gasteiger charge is -2.29. The lowest BCUT2D eigenvalue weighted by Crippen LogP contribution is -2.44. The molecule has 0 bridgehead atoms. The number of carbonyl (C=O) groups is 2. The molecule has 0 aromatic carbocycles. The number of rotatable bonds is 1. The van der Waals surface area contributed by atoms with Gasteiger partial charge in [-0.05, 0) is 0 Å². The molecule has 0 rings (SSSR count). The standard InChI is InChI=1S/C12H21NO2/c1-8-13(9(14)11(2,3)4)10(15)12(5,6)7/h8H,1H2,2-7H3. The molecule has 3 nitrogen and oxygen atoms in total. The van der Waals surface area contributed by atoms with Crippen LogP contribution >= 0.6 is 0 Å². The van der Waals surface area contributed by atoms with Crippen LogP contribution in [0.15, 0.2) is 12.8 Å². The molecule has 0 aromatic rings. The Morgan fingerprint density at radius 3 is 1.33 bits per heavy atom. The second-order valence-electron chi connectivity index (χ2n) is 5.66. The summed E-state index contributed by atoms with van der Waals surface area (Å²) in [6.45, 7) is 14.2. The predicted molar refractivity (Wildman–Crippen MR) is 61.0 cm³/mol. The summed E-state index contributed by atoms with van der Waals surface area (Å²) in [5.74, 6) is -0.449. The van der Waals surface area contributed by atoms with Gasteiger partial charge in [0.25, 0.3) is 0 Å². The van der Waals surface area contributed by atoms with E-state index in [1.165, 1.54) is 6.20 Å². The average molecular weight is 211 g/mol. The van der Waals surface area contributed by atoms with Crippen LogP contribution < -0.4 is 0 Å².